The minimum absolute atomic E-state index is 0.0129. The zero-order valence-electron chi connectivity index (χ0n) is 20.3. The molecule has 1 fully saturated rings. The predicted molar refractivity (Wildman–Crippen MR) is 151 cm³/mol. The molecule has 0 aromatic heterocycles. The SMILES string of the molecule is CC1CCN(S(=O)(=O)c2cc(C(=O)Nc3ccccc3N3C(=O)c4ccc(Br)cc4C3=O)ccc2Br)CC1. The van der Waals surface area contributed by atoms with Gasteiger partial charge in [-0.1, -0.05) is 35.0 Å². The van der Waals surface area contributed by atoms with Crippen molar-refractivity contribution >= 4 is 71.0 Å². The Bertz CT molecular complexity index is 1580. The molecular weight excluding hydrogens is 638 g/mol. The van der Waals surface area contributed by atoms with Crippen molar-refractivity contribution in [3.05, 3.63) is 86.3 Å². The van der Waals surface area contributed by atoms with E-state index in [1.807, 2.05) is 0 Å². The van der Waals surface area contributed by atoms with Crippen LogP contribution in [0.5, 0.6) is 0 Å². The molecule has 11 heteroatoms. The number of halogens is 2. The van der Waals surface area contributed by atoms with Crippen LogP contribution in [0.1, 0.15) is 50.8 Å². The van der Waals surface area contributed by atoms with Crippen molar-refractivity contribution in [2.24, 2.45) is 5.92 Å². The van der Waals surface area contributed by atoms with Gasteiger partial charge in [-0.3, -0.25) is 14.4 Å². The molecule has 0 saturated carbocycles. The van der Waals surface area contributed by atoms with Gasteiger partial charge in [0, 0.05) is 27.6 Å². The molecule has 0 unspecified atom stereocenters. The number of piperidine rings is 1. The lowest BCUT2D eigenvalue weighted by atomic mass is 10.0. The number of imide groups is 1. The molecule has 3 amide bonds. The van der Waals surface area contributed by atoms with Gasteiger partial charge in [0.25, 0.3) is 17.7 Å². The minimum atomic E-state index is -3.81. The van der Waals surface area contributed by atoms with Crippen LogP contribution in [0, 0.1) is 5.92 Å². The Morgan fingerprint density at radius 3 is 2.34 bits per heavy atom. The first kappa shape index (κ1) is 26.7. The van der Waals surface area contributed by atoms with Crippen molar-refractivity contribution in [1.29, 1.82) is 0 Å². The zero-order chi connectivity index (χ0) is 27.2. The first-order chi connectivity index (χ1) is 18.1. The summed E-state index contributed by atoms with van der Waals surface area (Å²) >= 11 is 6.65. The Hall–Kier alpha value is -2.86. The Labute approximate surface area is 237 Å². The standard InChI is InChI=1S/C27H23Br2N3O5S/c1-16-10-12-31(13-11-16)38(36,37)24-14-17(6-9-21(24)29)25(33)30-22-4-2-3-5-23(22)32-26(34)19-8-7-18(28)15-20(19)27(32)35/h2-9,14-16H,10-13H2,1H3,(H,30,33). The second-order valence-corrected chi connectivity index (χ2v) is 13.0. The van der Waals surface area contributed by atoms with Crippen LogP contribution in [-0.4, -0.2) is 43.5 Å². The lowest BCUT2D eigenvalue weighted by molar-refractivity contribution is 0.0924. The van der Waals surface area contributed by atoms with Gasteiger partial charge in [0.05, 0.1) is 27.4 Å². The fourth-order valence-electron chi connectivity index (χ4n) is 4.61. The van der Waals surface area contributed by atoms with E-state index in [-0.39, 0.29) is 33.0 Å². The van der Waals surface area contributed by atoms with E-state index in [1.165, 1.54) is 22.5 Å². The largest absolute Gasteiger partial charge is 0.320 e. The average molecular weight is 661 g/mol. The van der Waals surface area contributed by atoms with Gasteiger partial charge >= 0.3 is 0 Å². The van der Waals surface area contributed by atoms with Gasteiger partial charge in [-0.25, -0.2) is 13.3 Å². The van der Waals surface area contributed by atoms with Crippen LogP contribution in [0.4, 0.5) is 11.4 Å². The number of amides is 3. The number of rotatable bonds is 5. The van der Waals surface area contributed by atoms with Crippen molar-refractivity contribution in [1.82, 2.24) is 4.31 Å². The van der Waals surface area contributed by atoms with E-state index in [1.54, 1.807) is 42.5 Å². The van der Waals surface area contributed by atoms with Crippen molar-refractivity contribution in [3.63, 3.8) is 0 Å². The number of anilines is 2. The predicted octanol–water partition coefficient (Wildman–Crippen LogP) is 5.69. The van der Waals surface area contributed by atoms with Crippen LogP contribution < -0.4 is 10.2 Å². The van der Waals surface area contributed by atoms with E-state index in [2.05, 4.69) is 44.1 Å². The molecule has 1 N–H and O–H groups in total. The third kappa shape index (κ3) is 4.84. The maximum Gasteiger partial charge on any atom is 0.266 e. The molecule has 8 nitrogen and oxygen atoms in total. The highest BCUT2D eigenvalue weighted by atomic mass is 79.9. The van der Waals surface area contributed by atoms with E-state index in [9.17, 15) is 22.8 Å². The van der Waals surface area contributed by atoms with Gasteiger partial charge < -0.3 is 5.32 Å². The third-order valence-electron chi connectivity index (χ3n) is 6.80. The number of carbonyl (C=O) groups excluding carboxylic acids is 3. The summed E-state index contributed by atoms with van der Waals surface area (Å²) < 4.78 is 29.2. The van der Waals surface area contributed by atoms with E-state index in [4.69, 9.17) is 0 Å². The zero-order valence-corrected chi connectivity index (χ0v) is 24.3. The fraction of sp³-hybridized carbons (Fsp3) is 0.222. The topological polar surface area (TPSA) is 104 Å². The molecule has 2 aliphatic rings. The van der Waals surface area contributed by atoms with Gasteiger partial charge in [0.15, 0.2) is 0 Å². The second-order valence-electron chi connectivity index (χ2n) is 9.34. The maximum absolute atomic E-state index is 13.4. The number of nitrogens with zero attached hydrogens (tertiary/aromatic N) is 2. The van der Waals surface area contributed by atoms with Crippen molar-refractivity contribution < 1.29 is 22.8 Å². The Kier molecular flexibility index (Phi) is 7.29. The summed E-state index contributed by atoms with van der Waals surface area (Å²) in [5.74, 6) is -1.10. The van der Waals surface area contributed by atoms with Crippen molar-refractivity contribution in [3.8, 4) is 0 Å². The third-order valence-corrected chi connectivity index (χ3v) is 10.2. The molecule has 3 aromatic rings. The Balaban J connectivity index is 1.43. The molecule has 0 aliphatic carbocycles. The highest BCUT2D eigenvalue weighted by molar-refractivity contribution is 9.10. The van der Waals surface area contributed by atoms with Gasteiger partial charge in [0.1, 0.15) is 0 Å². The molecule has 0 radical (unpaired) electrons. The number of hydrogen-bond acceptors (Lipinski definition) is 5. The van der Waals surface area contributed by atoms with E-state index in [0.29, 0.717) is 28.0 Å². The fourth-order valence-corrected chi connectivity index (χ4v) is 7.39. The van der Waals surface area contributed by atoms with Gasteiger partial charge in [-0.15, -0.1) is 0 Å². The molecular formula is C27H23Br2N3O5S. The minimum Gasteiger partial charge on any atom is -0.320 e. The van der Waals surface area contributed by atoms with Gasteiger partial charge in [0.2, 0.25) is 10.0 Å². The van der Waals surface area contributed by atoms with Crippen LogP contribution in [0.2, 0.25) is 0 Å². The smallest absolute Gasteiger partial charge is 0.266 e. The van der Waals surface area contributed by atoms with Crippen LogP contribution in [-0.2, 0) is 10.0 Å². The highest BCUT2D eigenvalue weighted by Crippen LogP contribution is 2.35. The molecule has 0 spiro atoms. The number of para-hydroxylation sites is 2. The first-order valence-electron chi connectivity index (χ1n) is 12.0. The number of benzene rings is 3. The summed E-state index contributed by atoms with van der Waals surface area (Å²) in [7, 11) is -3.81. The number of carbonyl (C=O) groups is 3. The number of nitrogens with one attached hydrogen (secondary N) is 1. The molecule has 0 atom stereocenters. The molecule has 0 bridgehead atoms. The summed E-state index contributed by atoms with van der Waals surface area (Å²) in [4.78, 5) is 40.5. The maximum atomic E-state index is 13.4. The summed E-state index contributed by atoms with van der Waals surface area (Å²) in [5.41, 5.74) is 1.12. The average Bonchev–Trinajstić information content (AvgIpc) is 3.13. The summed E-state index contributed by atoms with van der Waals surface area (Å²) in [5, 5.41) is 2.75. The lowest BCUT2D eigenvalue weighted by Crippen LogP contribution is -2.38. The molecule has 1 saturated heterocycles. The summed E-state index contributed by atoms with van der Waals surface area (Å²) in [6.07, 6.45) is 1.56. The van der Waals surface area contributed by atoms with Crippen molar-refractivity contribution in [2.75, 3.05) is 23.3 Å². The van der Waals surface area contributed by atoms with Crippen LogP contribution in [0.15, 0.2) is 74.5 Å². The number of fused-ring (bicyclic) bond motifs is 1. The number of sulfonamides is 1. The quantitative estimate of drug-likeness (QED) is 0.355. The van der Waals surface area contributed by atoms with Gasteiger partial charge in [-0.05, 0) is 83.2 Å². The summed E-state index contributed by atoms with van der Waals surface area (Å²) in [6.45, 7) is 2.96. The molecule has 38 heavy (non-hydrogen) atoms. The van der Waals surface area contributed by atoms with Gasteiger partial charge in [-0.2, -0.15) is 4.31 Å². The Morgan fingerprint density at radius 2 is 1.61 bits per heavy atom. The monoisotopic (exact) mass is 659 g/mol. The lowest BCUT2D eigenvalue weighted by Gasteiger charge is -2.29. The summed E-state index contributed by atoms with van der Waals surface area (Å²) in [6, 6.07) is 15.7. The molecule has 196 valence electrons. The molecule has 3 aromatic carbocycles. The van der Waals surface area contributed by atoms with E-state index in [0.717, 1.165) is 17.7 Å². The Morgan fingerprint density at radius 1 is 0.921 bits per heavy atom. The van der Waals surface area contributed by atoms with Crippen LogP contribution in [0.3, 0.4) is 0 Å². The molecule has 2 heterocycles. The van der Waals surface area contributed by atoms with Crippen LogP contribution >= 0.6 is 31.9 Å². The van der Waals surface area contributed by atoms with Crippen molar-refractivity contribution in [2.45, 2.75) is 24.7 Å². The van der Waals surface area contributed by atoms with E-state index < -0.39 is 27.7 Å². The normalized spacial score (nSPS) is 16.6. The van der Waals surface area contributed by atoms with Crippen LogP contribution in [0.25, 0.3) is 0 Å². The van der Waals surface area contributed by atoms with E-state index >= 15 is 0 Å². The number of hydrogen-bond donors (Lipinski definition) is 1. The molecule has 5 rings (SSSR count). The second kappa shape index (κ2) is 10.4. The highest BCUT2D eigenvalue weighted by Gasteiger charge is 2.38. The first-order valence-corrected chi connectivity index (χ1v) is 15.0. The molecule has 2 aliphatic heterocycles.